The Balaban J connectivity index is 1.98. The zero-order chi connectivity index (χ0) is 17.3. The number of amides is 1. The summed E-state index contributed by atoms with van der Waals surface area (Å²) in [5, 5.41) is 14.7. The molecular formula is C18H13ClN2O3. The van der Waals surface area contributed by atoms with E-state index in [-0.39, 0.29) is 16.5 Å². The highest BCUT2D eigenvalue weighted by Gasteiger charge is 2.29. The number of halogens is 1. The number of carbonyl (C=O) groups is 2. The summed E-state index contributed by atoms with van der Waals surface area (Å²) in [7, 11) is 0. The van der Waals surface area contributed by atoms with Crippen LogP contribution in [0.2, 0.25) is 5.02 Å². The topological polar surface area (TPSA) is 70.0 Å². The van der Waals surface area contributed by atoms with Crippen LogP contribution in [0.3, 0.4) is 0 Å². The van der Waals surface area contributed by atoms with E-state index in [0.717, 1.165) is 5.56 Å². The number of rotatable bonds is 3. The molecule has 0 aliphatic carbocycles. The van der Waals surface area contributed by atoms with Gasteiger partial charge in [0.25, 0.3) is 5.91 Å². The average Bonchev–Trinajstić information content (AvgIpc) is 2.84. The first-order valence-electron chi connectivity index (χ1n) is 7.17. The Hall–Kier alpha value is -2.92. The highest BCUT2D eigenvalue weighted by Crippen LogP contribution is 2.28. The van der Waals surface area contributed by atoms with Crippen LogP contribution in [0.25, 0.3) is 6.08 Å². The molecule has 2 aromatic rings. The second-order valence-corrected chi connectivity index (χ2v) is 5.65. The molecular weight excluding hydrogens is 328 g/mol. The monoisotopic (exact) mass is 340 g/mol. The first-order chi connectivity index (χ1) is 11.5. The van der Waals surface area contributed by atoms with Crippen LogP contribution < -0.4 is 5.01 Å². The van der Waals surface area contributed by atoms with Gasteiger partial charge in [-0.05, 0) is 36.8 Å². The number of anilines is 1. The summed E-state index contributed by atoms with van der Waals surface area (Å²) in [6, 6.07) is 13.8. The fourth-order valence-electron chi connectivity index (χ4n) is 2.38. The lowest BCUT2D eigenvalue weighted by atomic mass is 10.1. The van der Waals surface area contributed by atoms with Gasteiger partial charge in [0.15, 0.2) is 0 Å². The van der Waals surface area contributed by atoms with E-state index in [1.807, 2.05) is 30.3 Å². The summed E-state index contributed by atoms with van der Waals surface area (Å²) in [6.07, 6.45) is 1.76. The largest absolute Gasteiger partial charge is 0.478 e. The summed E-state index contributed by atoms with van der Waals surface area (Å²) in [5.74, 6) is -1.47. The van der Waals surface area contributed by atoms with Crippen molar-refractivity contribution in [2.24, 2.45) is 5.10 Å². The first kappa shape index (κ1) is 16.0. The van der Waals surface area contributed by atoms with Crippen LogP contribution in [0, 0.1) is 0 Å². The van der Waals surface area contributed by atoms with E-state index >= 15 is 0 Å². The van der Waals surface area contributed by atoms with Crippen molar-refractivity contribution in [2.75, 3.05) is 5.01 Å². The van der Waals surface area contributed by atoms with Gasteiger partial charge in [-0.1, -0.05) is 41.9 Å². The predicted octanol–water partition coefficient (Wildman–Crippen LogP) is 3.84. The second kappa shape index (κ2) is 6.29. The normalized spacial score (nSPS) is 15.8. The molecule has 1 amide bonds. The fourth-order valence-corrected chi connectivity index (χ4v) is 2.58. The van der Waals surface area contributed by atoms with Crippen molar-refractivity contribution in [3.63, 3.8) is 0 Å². The van der Waals surface area contributed by atoms with E-state index in [9.17, 15) is 9.59 Å². The molecule has 2 aromatic carbocycles. The lowest BCUT2D eigenvalue weighted by Crippen LogP contribution is -2.21. The molecule has 120 valence electrons. The number of carbonyl (C=O) groups excluding carboxylic acids is 1. The number of hydrazone groups is 1. The maximum Gasteiger partial charge on any atom is 0.337 e. The third-order valence-corrected chi connectivity index (χ3v) is 3.93. The Morgan fingerprint density at radius 3 is 2.58 bits per heavy atom. The van der Waals surface area contributed by atoms with Gasteiger partial charge in [-0.25, -0.2) is 4.79 Å². The third kappa shape index (κ3) is 2.94. The number of benzene rings is 2. The molecule has 1 aliphatic heterocycles. The van der Waals surface area contributed by atoms with E-state index in [4.69, 9.17) is 16.7 Å². The quantitative estimate of drug-likeness (QED) is 0.863. The van der Waals surface area contributed by atoms with Crippen molar-refractivity contribution >= 4 is 41.0 Å². The minimum Gasteiger partial charge on any atom is -0.478 e. The lowest BCUT2D eigenvalue weighted by Gasteiger charge is -2.13. The van der Waals surface area contributed by atoms with E-state index in [0.29, 0.717) is 17.0 Å². The van der Waals surface area contributed by atoms with Crippen LogP contribution in [0.5, 0.6) is 0 Å². The summed E-state index contributed by atoms with van der Waals surface area (Å²) in [4.78, 5) is 23.9. The Morgan fingerprint density at radius 2 is 1.92 bits per heavy atom. The summed E-state index contributed by atoms with van der Waals surface area (Å²) in [6.45, 7) is 1.74. The lowest BCUT2D eigenvalue weighted by molar-refractivity contribution is -0.114. The van der Waals surface area contributed by atoms with Crippen LogP contribution in [-0.4, -0.2) is 22.7 Å². The van der Waals surface area contributed by atoms with Crippen LogP contribution in [-0.2, 0) is 4.79 Å². The van der Waals surface area contributed by atoms with Crippen LogP contribution in [0.1, 0.15) is 22.8 Å². The van der Waals surface area contributed by atoms with Crippen LogP contribution in [0.4, 0.5) is 5.69 Å². The maximum absolute atomic E-state index is 12.6. The van der Waals surface area contributed by atoms with Gasteiger partial charge in [-0.15, -0.1) is 0 Å². The van der Waals surface area contributed by atoms with E-state index in [1.54, 1.807) is 19.1 Å². The van der Waals surface area contributed by atoms with Crippen molar-refractivity contribution < 1.29 is 14.7 Å². The van der Waals surface area contributed by atoms with E-state index in [2.05, 4.69) is 5.10 Å². The van der Waals surface area contributed by atoms with Gasteiger partial charge in [-0.3, -0.25) is 4.79 Å². The first-order valence-corrected chi connectivity index (χ1v) is 7.55. The molecule has 0 bridgehead atoms. The van der Waals surface area contributed by atoms with Gasteiger partial charge in [0.1, 0.15) is 0 Å². The molecule has 0 spiro atoms. The van der Waals surface area contributed by atoms with Crippen molar-refractivity contribution in [1.82, 2.24) is 0 Å². The highest BCUT2D eigenvalue weighted by atomic mass is 35.5. The minimum atomic E-state index is -1.16. The Labute approximate surface area is 143 Å². The average molecular weight is 341 g/mol. The molecule has 0 unspecified atom stereocenters. The maximum atomic E-state index is 12.6. The Bertz CT molecular complexity index is 888. The molecule has 0 aromatic heterocycles. The predicted molar refractivity (Wildman–Crippen MR) is 93.4 cm³/mol. The summed E-state index contributed by atoms with van der Waals surface area (Å²) >= 11 is 5.87. The zero-order valence-electron chi connectivity index (χ0n) is 12.7. The molecule has 6 heteroatoms. The zero-order valence-corrected chi connectivity index (χ0v) is 13.5. The van der Waals surface area contributed by atoms with Gasteiger partial charge in [-0.2, -0.15) is 10.1 Å². The number of hydrogen-bond donors (Lipinski definition) is 1. The van der Waals surface area contributed by atoms with Gasteiger partial charge in [0.05, 0.1) is 27.6 Å². The van der Waals surface area contributed by atoms with Crippen molar-refractivity contribution in [3.8, 4) is 0 Å². The summed E-state index contributed by atoms with van der Waals surface area (Å²) in [5.41, 5.74) is 2.20. The molecule has 0 fully saturated rings. The van der Waals surface area contributed by atoms with Crippen molar-refractivity contribution in [1.29, 1.82) is 0 Å². The van der Waals surface area contributed by atoms with Gasteiger partial charge >= 0.3 is 5.97 Å². The minimum absolute atomic E-state index is 0.0738. The van der Waals surface area contributed by atoms with Crippen LogP contribution in [0.15, 0.2) is 59.2 Å². The molecule has 0 saturated heterocycles. The molecule has 3 rings (SSSR count). The van der Waals surface area contributed by atoms with Gasteiger partial charge in [0, 0.05) is 0 Å². The number of carboxylic acid groups (broad SMARTS) is 1. The van der Waals surface area contributed by atoms with Crippen LogP contribution >= 0.6 is 11.6 Å². The number of carboxylic acids is 1. The molecule has 5 nitrogen and oxygen atoms in total. The smallest absolute Gasteiger partial charge is 0.337 e. The molecule has 0 saturated carbocycles. The van der Waals surface area contributed by atoms with Crippen molar-refractivity contribution in [3.05, 3.63) is 70.3 Å². The molecule has 1 heterocycles. The van der Waals surface area contributed by atoms with E-state index in [1.165, 1.54) is 17.1 Å². The Morgan fingerprint density at radius 1 is 1.21 bits per heavy atom. The second-order valence-electron chi connectivity index (χ2n) is 5.24. The standard InChI is InChI=1S/C18H13ClN2O3/c1-11-14(9-12-5-3-2-4-6-12)17(22)21(20-11)13-7-8-16(19)15(10-13)18(23)24/h2-10H,1H3,(H,23,24)/b14-9-. The third-order valence-electron chi connectivity index (χ3n) is 3.60. The SMILES string of the molecule is CC1=NN(c2ccc(Cl)c(C(=O)O)c2)C(=O)/C1=C\c1ccccc1. The van der Waals surface area contributed by atoms with Gasteiger partial charge in [0.2, 0.25) is 0 Å². The summed E-state index contributed by atoms with van der Waals surface area (Å²) < 4.78 is 0. The highest BCUT2D eigenvalue weighted by molar-refractivity contribution is 6.34. The molecule has 24 heavy (non-hydrogen) atoms. The Kier molecular flexibility index (Phi) is 4.18. The number of aromatic carboxylic acids is 1. The molecule has 1 aliphatic rings. The van der Waals surface area contributed by atoms with Crippen molar-refractivity contribution in [2.45, 2.75) is 6.92 Å². The molecule has 0 radical (unpaired) electrons. The molecule has 0 atom stereocenters. The molecule has 1 N–H and O–H groups in total. The van der Waals surface area contributed by atoms with Gasteiger partial charge < -0.3 is 5.11 Å². The van der Waals surface area contributed by atoms with E-state index < -0.39 is 5.97 Å². The number of hydrogen-bond acceptors (Lipinski definition) is 3. The number of nitrogens with zero attached hydrogens (tertiary/aromatic N) is 2. The fraction of sp³-hybridized carbons (Fsp3) is 0.0556.